The highest BCUT2D eigenvalue weighted by molar-refractivity contribution is 7.16. The molecule has 17 heavy (non-hydrogen) atoms. The molecule has 0 spiro atoms. The molecule has 0 unspecified atom stereocenters. The van der Waals surface area contributed by atoms with Gasteiger partial charge in [-0.05, 0) is 30.7 Å². The summed E-state index contributed by atoms with van der Waals surface area (Å²) in [6.07, 6.45) is 2.67. The van der Waals surface area contributed by atoms with Crippen LogP contribution in [0.2, 0.25) is 0 Å². The number of nitrogens with zero attached hydrogens (tertiary/aromatic N) is 1. The zero-order valence-electron chi connectivity index (χ0n) is 9.66. The average molecular weight is 250 g/mol. The molecule has 1 aromatic heterocycles. The van der Waals surface area contributed by atoms with Gasteiger partial charge in [-0.15, -0.1) is 11.3 Å². The first kappa shape index (κ1) is 11.9. The Bertz CT molecular complexity index is 487. The Morgan fingerprint density at radius 3 is 3.12 bits per heavy atom. The van der Waals surface area contributed by atoms with E-state index in [2.05, 4.69) is 6.07 Å². The zero-order chi connectivity index (χ0) is 12.4. The van der Waals surface area contributed by atoms with Crippen LogP contribution < -0.4 is 5.73 Å². The maximum absolute atomic E-state index is 10.8. The van der Waals surface area contributed by atoms with E-state index >= 15 is 0 Å². The van der Waals surface area contributed by atoms with E-state index in [4.69, 9.17) is 15.7 Å². The first-order valence-electron chi connectivity index (χ1n) is 5.55. The number of nitrogens with two attached hydrogens (primary N) is 1. The first-order chi connectivity index (χ1) is 8.11. The Kier molecular flexibility index (Phi) is 3.34. The average Bonchev–Trinajstić information content (AvgIpc) is 2.60. The number of fused-ring (bicyclic) bond motifs is 1. The summed E-state index contributed by atoms with van der Waals surface area (Å²) in [4.78, 5) is 11.9. The maximum atomic E-state index is 10.8. The zero-order valence-corrected chi connectivity index (χ0v) is 10.5. The second-order valence-corrected chi connectivity index (χ2v) is 5.40. The van der Waals surface area contributed by atoms with Gasteiger partial charge in [-0.2, -0.15) is 5.26 Å². The van der Waals surface area contributed by atoms with Crippen LogP contribution in [0.4, 0.5) is 5.00 Å². The minimum Gasteiger partial charge on any atom is -0.466 e. The molecule has 1 aliphatic carbocycles. The van der Waals surface area contributed by atoms with E-state index < -0.39 is 0 Å². The van der Waals surface area contributed by atoms with Crippen molar-refractivity contribution in [2.24, 2.45) is 5.92 Å². The van der Waals surface area contributed by atoms with Crippen molar-refractivity contribution in [2.75, 3.05) is 12.3 Å². The summed E-state index contributed by atoms with van der Waals surface area (Å²) in [6.45, 7) is 1.89. The van der Waals surface area contributed by atoms with Gasteiger partial charge in [0.2, 0.25) is 0 Å². The second-order valence-electron chi connectivity index (χ2n) is 4.27. The fourth-order valence-corrected chi connectivity index (χ4v) is 3.36. The maximum Gasteiger partial charge on any atom is 0.302 e. The fourth-order valence-electron chi connectivity index (χ4n) is 2.18. The van der Waals surface area contributed by atoms with Crippen LogP contribution in [-0.2, 0) is 22.4 Å². The number of nitrogen functional groups attached to an aromatic ring is 1. The lowest BCUT2D eigenvalue weighted by Crippen LogP contribution is -2.19. The van der Waals surface area contributed by atoms with Crippen molar-refractivity contribution in [3.05, 3.63) is 16.0 Å². The third kappa shape index (κ3) is 2.42. The predicted molar refractivity (Wildman–Crippen MR) is 65.6 cm³/mol. The molecule has 4 nitrogen and oxygen atoms in total. The van der Waals surface area contributed by atoms with Gasteiger partial charge in [-0.1, -0.05) is 0 Å². The molecule has 90 valence electrons. The van der Waals surface area contributed by atoms with E-state index in [1.807, 2.05) is 0 Å². The number of anilines is 1. The van der Waals surface area contributed by atoms with Crippen molar-refractivity contribution in [1.82, 2.24) is 0 Å². The number of rotatable bonds is 2. The molecule has 1 heterocycles. The minimum absolute atomic E-state index is 0.237. The van der Waals surface area contributed by atoms with Gasteiger partial charge >= 0.3 is 5.97 Å². The molecule has 0 aliphatic heterocycles. The Morgan fingerprint density at radius 2 is 2.47 bits per heavy atom. The van der Waals surface area contributed by atoms with Crippen LogP contribution in [0.1, 0.15) is 29.3 Å². The number of hydrogen-bond acceptors (Lipinski definition) is 5. The smallest absolute Gasteiger partial charge is 0.302 e. The summed E-state index contributed by atoms with van der Waals surface area (Å²) < 4.78 is 5.03. The molecule has 0 amide bonds. The van der Waals surface area contributed by atoms with Gasteiger partial charge in [0.25, 0.3) is 0 Å². The molecule has 0 radical (unpaired) electrons. The molecular formula is C12H14N2O2S. The van der Waals surface area contributed by atoms with Crippen molar-refractivity contribution in [3.63, 3.8) is 0 Å². The number of ether oxygens (including phenoxy) is 1. The Labute approximate surface area is 104 Å². The number of esters is 1. The largest absolute Gasteiger partial charge is 0.466 e. The molecule has 1 aromatic rings. The summed E-state index contributed by atoms with van der Waals surface area (Å²) in [5.41, 5.74) is 7.56. The summed E-state index contributed by atoms with van der Waals surface area (Å²) >= 11 is 1.49. The number of carbonyl (C=O) groups excluding carboxylic acids is 1. The van der Waals surface area contributed by atoms with E-state index in [9.17, 15) is 4.79 Å². The fraction of sp³-hybridized carbons (Fsp3) is 0.500. The van der Waals surface area contributed by atoms with Crippen molar-refractivity contribution < 1.29 is 9.53 Å². The number of carbonyl (C=O) groups is 1. The van der Waals surface area contributed by atoms with Gasteiger partial charge in [0.1, 0.15) is 11.1 Å². The number of nitriles is 1. The first-order valence-corrected chi connectivity index (χ1v) is 6.37. The summed E-state index contributed by atoms with van der Waals surface area (Å²) in [5, 5.41) is 9.63. The van der Waals surface area contributed by atoms with Gasteiger partial charge in [0, 0.05) is 11.8 Å². The topological polar surface area (TPSA) is 76.1 Å². The Balaban J connectivity index is 2.10. The minimum atomic E-state index is -0.237. The molecule has 2 rings (SSSR count). The molecule has 5 heteroatoms. The lowest BCUT2D eigenvalue weighted by molar-refractivity contribution is -0.142. The predicted octanol–water partition coefficient (Wildman–Crippen LogP) is 1.87. The van der Waals surface area contributed by atoms with Crippen LogP contribution in [-0.4, -0.2) is 12.6 Å². The van der Waals surface area contributed by atoms with Crippen LogP contribution in [0.15, 0.2) is 0 Å². The molecule has 1 aliphatic rings. The lowest BCUT2D eigenvalue weighted by atomic mass is 9.88. The highest BCUT2D eigenvalue weighted by atomic mass is 32.1. The SMILES string of the molecule is CC(=O)OC[C@H]1CCc2c(sc(N)c2C#N)C1. The monoisotopic (exact) mass is 250 g/mol. The van der Waals surface area contributed by atoms with Gasteiger partial charge < -0.3 is 10.5 Å². The summed E-state index contributed by atoms with van der Waals surface area (Å²) in [6, 6.07) is 2.17. The van der Waals surface area contributed by atoms with E-state index in [1.165, 1.54) is 23.1 Å². The van der Waals surface area contributed by atoms with Gasteiger partial charge in [-0.3, -0.25) is 4.79 Å². The lowest BCUT2D eigenvalue weighted by Gasteiger charge is -2.21. The van der Waals surface area contributed by atoms with E-state index in [1.54, 1.807) is 0 Å². The molecule has 0 bridgehead atoms. The van der Waals surface area contributed by atoms with Crippen LogP contribution in [0.25, 0.3) is 0 Å². The van der Waals surface area contributed by atoms with Gasteiger partial charge in [0.15, 0.2) is 0 Å². The third-order valence-corrected chi connectivity index (χ3v) is 4.11. The molecular weight excluding hydrogens is 236 g/mol. The van der Waals surface area contributed by atoms with Crippen LogP contribution >= 0.6 is 11.3 Å². The number of thiophene rings is 1. The van der Waals surface area contributed by atoms with Crippen molar-refractivity contribution in [3.8, 4) is 6.07 Å². The standard InChI is InChI=1S/C12H14N2O2S/c1-7(15)16-6-8-2-3-9-10(5-13)12(14)17-11(9)4-8/h8H,2-4,6,14H2,1H3/t8-/m0/s1. The van der Waals surface area contributed by atoms with Gasteiger partial charge in [-0.25, -0.2) is 0 Å². The van der Waals surface area contributed by atoms with Crippen molar-refractivity contribution in [1.29, 1.82) is 5.26 Å². The van der Waals surface area contributed by atoms with E-state index in [0.717, 1.165) is 24.8 Å². The number of hydrogen-bond donors (Lipinski definition) is 1. The van der Waals surface area contributed by atoms with Gasteiger partial charge in [0.05, 0.1) is 12.2 Å². The van der Waals surface area contributed by atoms with E-state index in [0.29, 0.717) is 23.1 Å². The quantitative estimate of drug-likeness (QED) is 0.813. The second kappa shape index (κ2) is 4.76. The highest BCUT2D eigenvalue weighted by Crippen LogP contribution is 2.37. The molecule has 2 N–H and O–H groups in total. The van der Waals surface area contributed by atoms with Crippen LogP contribution in [0.5, 0.6) is 0 Å². The normalized spacial score (nSPS) is 18.2. The van der Waals surface area contributed by atoms with Crippen LogP contribution in [0.3, 0.4) is 0 Å². The Hall–Kier alpha value is -1.54. The molecule has 1 atom stereocenters. The molecule has 0 saturated carbocycles. The Morgan fingerprint density at radius 1 is 1.71 bits per heavy atom. The van der Waals surface area contributed by atoms with Crippen LogP contribution in [0, 0.1) is 17.2 Å². The summed E-state index contributed by atoms with van der Waals surface area (Å²) in [7, 11) is 0. The summed E-state index contributed by atoms with van der Waals surface area (Å²) in [5.74, 6) is 0.121. The molecule has 0 fully saturated rings. The van der Waals surface area contributed by atoms with E-state index in [-0.39, 0.29) is 5.97 Å². The molecule has 0 aromatic carbocycles. The van der Waals surface area contributed by atoms with Crippen molar-refractivity contribution in [2.45, 2.75) is 26.2 Å². The van der Waals surface area contributed by atoms with Crippen molar-refractivity contribution >= 4 is 22.3 Å². The molecule has 0 saturated heterocycles. The highest BCUT2D eigenvalue weighted by Gasteiger charge is 2.25. The third-order valence-electron chi connectivity index (χ3n) is 3.03.